The maximum Gasteiger partial charge on any atom is 0.0768 e. The molecule has 1 heterocycles. The van der Waals surface area contributed by atoms with Crippen LogP contribution in [0.2, 0.25) is 0 Å². The van der Waals surface area contributed by atoms with Crippen LogP contribution in [0.15, 0.2) is 0 Å². The zero-order chi connectivity index (χ0) is 10.8. The van der Waals surface area contributed by atoms with E-state index in [2.05, 4.69) is 18.7 Å². The van der Waals surface area contributed by atoms with Crippen LogP contribution < -0.4 is 0 Å². The number of aliphatic hydroxyl groups excluding tert-OH is 1. The number of ether oxygens (including phenoxy) is 1. The molecule has 1 fully saturated rings. The molecule has 1 rings (SSSR count). The van der Waals surface area contributed by atoms with Crippen molar-refractivity contribution in [2.75, 3.05) is 27.3 Å². The van der Waals surface area contributed by atoms with Crippen molar-refractivity contribution >= 4 is 0 Å². The Morgan fingerprint density at radius 3 is 2.50 bits per heavy atom. The van der Waals surface area contributed by atoms with Crippen molar-refractivity contribution < 1.29 is 9.84 Å². The smallest absolute Gasteiger partial charge is 0.0768 e. The minimum Gasteiger partial charge on any atom is -0.391 e. The van der Waals surface area contributed by atoms with Gasteiger partial charge in [0, 0.05) is 18.1 Å². The first kappa shape index (κ1) is 12.0. The van der Waals surface area contributed by atoms with Crippen LogP contribution in [0.3, 0.4) is 0 Å². The average Bonchev–Trinajstić information content (AvgIpc) is 2.17. The summed E-state index contributed by atoms with van der Waals surface area (Å²) in [6, 6.07) is 0. The third-order valence-corrected chi connectivity index (χ3v) is 3.52. The Bertz CT molecular complexity index is 174. The second kappa shape index (κ2) is 4.60. The highest BCUT2D eigenvalue weighted by atomic mass is 16.5. The molecule has 0 aromatic rings. The van der Waals surface area contributed by atoms with Crippen LogP contribution in [-0.2, 0) is 4.74 Å². The van der Waals surface area contributed by atoms with E-state index in [1.807, 2.05) is 14.1 Å². The van der Waals surface area contributed by atoms with Gasteiger partial charge in [-0.15, -0.1) is 0 Å². The first-order valence-corrected chi connectivity index (χ1v) is 5.39. The molecule has 0 amide bonds. The third-order valence-electron chi connectivity index (χ3n) is 3.52. The van der Waals surface area contributed by atoms with Crippen molar-refractivity contribution in [3.63, 3.8) is 0 Å². The van der Waals surface area contributed by atoms with Crippen LogP contribution in [0, 0.1) is 5.92 Å². The first-order valence-electron chi connectivity index (χ1n) is 5.39. The molecule has 1 aliphatic rings. The number of hydrogen-bond acceptors (Lipinski definition) is 3. The van der Waals surface area contributed by atoms with Crippen LogP contribution >= 0.6 is 0 Å². The normalized spacial score (nSPS) is 26.6. The van der Waals surface area contributed by atoms with E-state index in [1.165, 1.54) is 0 Å². The third kappa shape index (κ3) is 2.47. The zero-order valence-corrected chi connectivity index (χ0v) is 9.79. The van der Waals surface area contributed by atoms with Gasteiger partial charge in [-0.05, 0) is 40.8 Å². The van der Waals surface area contributed by atoms with Crippen LogP contribution in [-0.4, -0.2) is 49.0 Å². The maximum atomic E-state index is 10.3. The number of nitrogens with zero attached hydrogens (tertiary/aromatic N) is 1. The lowest BCUT2D eigenvalue weighted by atomic mass is 9.83. The molecule has 0 aromatic carbocycles. The topological polar surface area (TPSA) is 32.7 Å². The highest BCUT2D eigenvalue weighted by Crippen LogP contribution is 2.27. The molecular weight excluding hydrogens is 178 g/mol. The predicted molar refractivity (Wildman–Crippen MR) is 57.3 cm³/mol. The molecule has 0 aliphatic carbocycles. The number of aliphatic hydroxyl groups is 1. The van der Waals surface area contributed by atoms with Crippen molar-refractivity contribution in [1.29, 1.82) is 0 Å². The van der Waals surface area contributed by atoms with E-state index in [9.17, 15) is 5.11 Å². The Hall–Kier alpha value is -0.120. The van der Waals surface area contributed by atoms with E-state index in [-0.39, 0.29) is 11.6 Å². The highest BCUT2D eigenvalue weighted by molar-refractivity contribution is 4.90. The Labute approximate surface area is 87.1 Å². The molecule has 0 saturated carbocycles. The standard InChI is InChI=1S/C11H23NO2/c1-11(2,12(3)4)10(13)9-6-5-7-14-8-9/h9-10,13H,5-8H2,1-4H3. The van der Waals surface area contributed by atoms with Crippen molar-refractivity contribution in [3.05, 3.63) is 0 Å². The molecule has 0 radical (unpaired) electrons. The van der Waals surface area contributed by atoms with Crippen LogP contribution in [0.25, 0.3) is 0 Å². The second-order valence-corrected chi connectivity index (χ2v) is 4.97. The van der Waals surface area contributed by atoms with Gasteiger partial charge in [0.15, 0.2) is 0 Å². The van der Waals surface area contributed by atoms with E-state index in [1.54, 1.807) is 0 Å². The van der Waals surface area contributed by atoms with Crippen molar-refractivity contribution in [2.24, 2.45) is 5.92 Å². The van der Waals surface area contributed by atoms with Gasteiger partial charge in [-0.2, -0.15) is 0 Å². The van der Waals surface area contributed by atoms with Gasteiger partial charge in [0.1, 0.15) is 0 Å². The number of likely N-dealkylation sites (N-methyl/N-ethyl adjacent to an activating group) is 1. The molecule has 2 atom stereocenters. The lowest BCUT2D eigenvalue weighted by Crippen LogP contribution is -2.53. The maximum absolute atomic E-state index is 10.3. The molecular formula is C11H23NO2. The summed E-state index contributed by atoms with van der Waals surface area (Å²) in [7, 11) is 4.01. The van der Waals surface area contributed by atoms with E-state index in [4.69, 9.17) is 4.74 Å². The van der Waals surface area contributed by atoms with Crippen molar-refractivity contribution in [1.82, 2.24) is 4.90 Å². The van der Waals surface area contributed by atoms with E-state index >= 15 is 0 Å². The molecule has 1 saturated heterocycles. The largest absolute Gasteiger partial charge is 0.391 e. The minimum atomic E-state index is -0.308. The molecule has 14 heavy (non-hydrogen) atoms. The van der Waals surface area contributed by atoms with E-state index < -0.39 is 0 Å². The van der Waals surface area contributed by atoms with Gasteiger partial charge >= 0.3 is 0 Å². The Kier molecular flexibility index (Phi) is 3.93. The SMILES string of the molecule is CN(C)C(C)(C)C(O)C1CCCOC1. The molecule has 0 spiro atoms. The lowest BCUT2D eigenvalue weighted by molar-refractivity contribution is -0.0686. The van der Waals surface area contributed by atoms with Gasteiger partial charge in [-0.1, -0.05) is 0 Å². The second-order valence-electron chi connectivity index (χ2n) is 4.97. The summed E-state index contributed by atoms with van der Waals surface area (Å²) in [5, 5.41) is 10.3. The number of hydrogen-bond donors (Lipinski definition) is 1. The molecule has 1 N–H and O–H groups in total. The first-order chi connectivity index (χ1) is 6.46. The fourth-order valence-electron chi connectivity index (χ4n) is 1.86. The molecule has 0 aromatic heterocycles. The van der Waals surface area contributed by atoms with Gasteiger partial charge in [0.2, 0.25) is 0 Å². The van der Waals surface area contributed by atoms with Crippen LogP contribution in [0.1, 0.15) is 26.7 Å². The summed E-state index contributed by atoms with van der Waals surface area (Å²) in [5.41, 5.74) is -0.175. The molecule has 2 unspecified atom stereocenters. The summed E-state index contributed by atoms with van der Waals surface area (Å²) >= 11 is 0. The van der Waals surface area contributed by atoms with Gasteiger partial charge in [-0.3, -0.25) is 0 Å². The Balaban J connectivity index is 2.57. The summed E-state index contributed by atoms with van der Waals surface area (Å²) in [4.78, 5) is 2.08. The molecule has 0 bridgehead atoms. The fraction of sp³-hybridized carbons (Fsp3) is 1.00. The zero-order valence-electron chi connectivity index (χ0n) is 9.79. The van der Waals surface area contributed by atoms with Crippen LogP contribution in [0.5, 0.6) is 0 Å². The lowest BCUT2D eigenvalue weighted by Gasteiger charge is -2.41. The number of rotatable bonds is 3. The van der Waals surface area contributed by atoms with E-state index in [0.29, 0.717) is 12.5 Å². The molecule has 84 valence electrons. The molecule has 1 aliphatic heterocycles. The quantitative estimate of drug-likeness (QED) is 0.742. The monoisotopic (exact) mass is 201 g/mol. The van der Waals surface area contributed by atoms with E-state index in [0.717, 1.165) is 19.4 Å². The highest BCUT2D eigenvalue weighted by Gasteiger charge is 2.36. The average molecular weight is 201 g/mol. The Morgan fingerprint density at radius 1 is 1.43 bits per heavy atom. The van der Waals surface area contributed by atoms with Gasteiger partial charge in [0.25, 0.3) is 0 Å². The summed E-state index contributed by atoms with van der Waals surface area (Å²) in [6.07, 6.45) is 1.85. The summed E-state index contributed by atoms with van der Waals surface area (Å²) < 4.78 is 5.40. The van der Waals surface area contributed by atoms with Crippen LogP contribution in [0.4, 0.5) is 0 Å². The molecule has 3 nitrogen and oxygen atoms in total. The van der Waals surface area contributed by atoms with Gasteiger partial charge < -0.3 is 14.7 Å². The van der Waals surface area contributed by atoms with Gasteiger partial charge in [-0.25, -0.2) is 0 Å². The Morgan fingerprint density at radius 2 is 2.07 bits per heavy atom. The van der Waals surface area contributed by atoms with Crippen molar-refractivity contribution in [2.45, 2.75) is 38.3 Å². The minimum absolute atomic E-state index is 0.175. The predicted octanol–water partition coefficient (Wildman–Crippen LogP) is 1.11. The van der Waals surface area contributed by atoms with Gasteiger partial charge in [0.05, 0.1) is 12.7 Å². The van der Waals surface area contributed by atoms with Crippen molar-refractivity contribution in [3.8, 4) is 0 Å². The summed E-state index contributed by atoms with van der Waals surface area (Å²) in [6.45, 7) is 5.71. The molecule has 3 heteroatoms. The fourth-order valence-corrected chi connectivity index (χ4v) is 1.86. The summed E-state index contributed by atoms with van der Waals surface area (Å²) in [5.74, 6) is 0.293.